The molecule has 21 nitrogen and oxygen atoms in total. The average Bonchev–Trinajstić information content (AvgIpc) is 3.46. The Hall–Kier alpha value is -6.27. The fourth-order valence-corrected chi connectivity index (χ4v) is 6.21. The Labute approximate surface area is 335 Å². The molecule has 1 aliphatic heterocycles. The molecule has 6 atom stereocenters. The van der Waals surface area contributed by atoms with E-state index in [2.05, 4.69) is 5.32 Å². The van der Waals surface area contributed by atoms with Gasteiger partial charge in [0.05, 0.1) is 36.8 Å². The summed E-state index contributed by atoms with van der Waals surface area (Å²) in [6.45, 7) is 6.34. The standard InChI is InChI=1S/C36H39FN5O16P/c1-20(43)53-29-28(56-32(30(29)54-21(2)44)41-18-26(37)31(45)40-34(41)47)19-52-59(51-16-6-15-38)58-25-11-7-22(8-12-25)17-27(39-35(48)57-36(3,4)5)33(46)55-24-13-9-23(10-14-24)42(49)50/h7-14,18,27-30,32H,6,16-17,19H2,1-5H3,(H,39,48)(H,40,45,47)/t27-,28+,29+,30+,32+,59?/m0/s1. The summed E-state index contributed by atoms with van der Waals surface area (Å²) in [7, 11) is -2.36. The van der Waals surface area contributed by atoms with Crippen molar-refractivity contribution < 1.29 is 65.7 Å². The van der Waals surface area contributed by atoms with E-state index in [-0.39, 0.29) is 36.6 Å². The Morgan fingerprint density at radius 1 is 1.02 bits per heavy atom. The van der Waals surface area contributed by atoms with Gasteiger partial charge < -0.3 is 38.0 Å². The van der Waals surface area contributed by atoms with Crippen molar-refractivity contribution in [1.82, 2.24) is 14.9 Å². The van der Waals surface area contributed by atoms with Crippen LogP contribution >= 0.6 is 8.60 Å². The minimum absolute atomic E-state index is 0.0103. The largest absolute Gasteiger partial charge is 0.456 e. The highest BCUT2D eigenvalue weighted by Gasteiger charge is 2.51. The van der Waals surface area contributed by atoms with Crippen molar-refractivity contribution in [3.8, 4) is 17.6 Å². The molecule has 3 aromatic rings. The van der Waals surface area contributed by atoms with E-state index in [1.165, 1.54) is 24.3 Å². The number of aromatic nitrogens is 2. The lowest BCUT2D eigenvalue weighted by Crippen LogP contribution is -2.46. The monoisotopic (exact) mass is 847 g/mol. The molecule has 0 radical (unpaired) electrons. The van der Waals surface area contributed by atoms with Gasteiger partial charge in [-0.3, -0.25) is 38.6 Å². The minimum atomic E-state index is -2.36. The molecule has 1 fully saturated rings. The van der Waals surface area contributed by atoms with Crippen LogP contribution in [0.5, 0.6) is 11.5 Å². The zero-order valence-corrected chi connectivity index (χ0v) is 33.0. The molecule has 1 saturated heterocycles. The molecule has 2 heterocycles. The second-order valence-electron chi connectivity index (χ2n) is 13.4. The number of nitro groups is 1. The second-order valence-corrected chi connectivity index (χ2v) is 14.6. The number of nitrogens with zero attached hydrogens (tertiary/aromatic N) is 3. The molecule has 0 bridgehead atoms. The third-order valence-corrected chi connectivity index (χ3v) is 8.74. The maximum absolute atomic E-state index is 14.3. The number of carbonyl (C=O) groups is 4. The fourth-order valence-electron chi connectivity index (χ4n) is 5.23. The number of H-pyrrole nitrogens is 1. The van der Waals surface area contributed by atoms with Crippen LogP contribution in [-0.2, 0) is 48.8 Å². The van der Waals surface area contributed by atoms with Crippen molar-refractivity contribution in [2.45, 2.75) is 83.6 Å². The van der Waals surface area contributed by atoms with Gasteiger partial charge in [-0.25, -0.2) is 14.4 Å². The number of non-ortho nitro benzene ring substituents is 1. The number of esters is 3. The lowest BCUT2D eigenvalue weighted by Gasteiger charge is -2.24. The van der Waals surface area contributed by atoms with Crippen LogP contribution in [0.25, 0.3) is 0 Å². The van der Waals surface area contributed by atoms with Gasteiger partial charge in [-0.2, -0.15) is 9.65 Å². The molecule has 23 heteroatoms. The summed E-state index contributed by atoms with van der Waals surface area (Å²) >= 11 is 0. The third-order valence-electron chi connectivity index (χ3n) is 7.63. The van der Waals surface area contributed by atoms with Gasteiger partial charge in [-0.1, -0.05) is 12.1 Å². The first-order valence-corrected chi connectivity index (χ1v) is 18.6. The normalized spacial score (nSPS) is 18.4. The van der Waals surface area contributed by atoms with Gasteiger partial charge in [0.1, 0.15) is 29.2 Å². The van der Waals surface area contributed by atoms with Crippen LogP contribution in [0.2, 0.25) is 0 Å². The molecule has 0 saturated carbocycles. The van der Waals surface area contributed by atoms with Gasteiger partial charge >= 0.3 is 38.3 Å². The molecular formula is C36H39FN5O16P. The summed E-state index contributed by atoms with van der Waals surface area (Å²) in [5, 5.41) is 22.6. The van der Waals surface area contributed by atoms with E-state index >= 15 is 0 Å². The Morgan fingerprint density at radius 2 is 1.64 bits per heavy atom. The van der Waals surface area contributed by atoms with Crippen molar-refractivity contribution in [2.75, 3.05) is 13.2 Å². The fraction of sp³-hybridized carbons (Fsp3) is 0.417. The number of hydrogen-bond acceptors (Lipinski definition) is 17. The first-order valence-electron chi connectivity index (χ1n) is 17.5. The molecule has 1 aromatic heterocycles. The molecule has 4 rings (SSSR count). The number of aromatic amines is 1. The van der Waals surface area contributed by atoms with Gasteiger partial charge in [0.25, 0.3) is 11.2 Å². The van der Waals surface area contributed by atoms with Crippen LogP contribution in [0.4, 0.5) is 14.9 Å². The van der Waals surface area contributed by atoms with E-state index in [1.54, 1.807) is 37.9 Å². The van der Waals surface area contributed by atoms with Crippen molar-refractivity contribution >= 4 is 38.3 Å². The van der Waals surface area contributed by atoms with Crippen LogP contribution in [0.1, 0.15) is 52.8 Å². The number of carbonyl (C=O) groups excluding carboxylic acids is 4. The van der Waals surface area contributed by atoms with Crippen molar-refractivity contribution in [2.24, 2.45) is 0 Å². The number of rotatable bonds is 17. The molecule has 1 unspecified atom stereocenters. The summed E-state index contributed by atoms with van der Waals surface area (Å²) in [4.78, 5) is 86.6. The minimum Gasteiger partial charge on any atom is -0.456 e. The number of alkyl carbamates (subject to hydrolysis) is 1. The van der Waals surface area contributed by atoms with Crippen molar-refractivity contribution in [3.63, 3.8) is 0 Å². The van der Waals surface area contributed by atoms with E-state index in [0.29, 0.717) is 16.3 Å². The van der Waals surface area contributed by atoms with Crippen LogP contribution in [0, 0.1) is 27.3 Å². The molecule has 1 amide bonds. The van der Waals surface area contributed by atoms with Crippen LogP contribution in [0.15, 0.2) is 64.3 Å². The highest BCUT2D eigenvalue weighted by atomic mass is 31.2. The maximum atomic E-state index is 14.3. The molecule has 2 aromatic carbocycles. The number of amides is 1. The second kappa shape index (κ2) is 20.4. The van der Waals surface area contributed by atoms with Gasteiger partial charge in [-0.05, 0) is 50.6 Å². The Kier molecular flexibility index (Phi) is 15.7. The molecule has 2 N–H and O–H groups in total. The third kappa shape index (κ3) is 13.7. The predicted molar refractivity (Wildman–Crippen MR) is 198 cm³/mol. The lowest BCUT2D eigenvalue weighted by atomic mass is 10.1. The summed E-state index contributed by atoms with van der Waals surface area (Å²) < 4.78 is 59.6. The number of ether oxygens (including phenoxy) is 5. The highest BCUT2D eigenvalue weighted by molar-refractivity contribution is 7.42. The number of nitro benzene ring substituents is 1. The first-order chi connectivity index (χ1) is 27.8. The quantitative estimate of drug-likeness (QED) is 0.0373. The van der Waals surface area contributed by atoms with Crippen LogP contribution in [-0.4, -0.2) is 81.6 Å². The van der Waals surface area contributed by atoms with Gasteiger partial charge in [0.2, 0.25) is 5.82 Å². The molecule has 316 valence electrons. The van der Waals surface area contributed by atoms with Crippen molar-refractivity contribution in [3.05, 3.63) is 97.1 Å². The molecule has 0 spiro atoms. The van der Waals surface area contributed by atoms with E-state index in [4.69, 9.17) is 42.5 Å². The zero-order valence-electron chi connectivity index (χ0n) is 32.1. The number of benzene rings is 2. The van der Waals surface area contributed by atoms with E-state index in [9.17, 15) is 43.3 Å². The zero-order chi connectivity index (χ0) is 43.4. The first kappa shape index (κ1) is 45.4. The Bertz CT molecular complexity index is 2150. The molecule has 59 heavy (non-hydrogen) atoms. The topological polar surface area (TPSA) is 276 Å². The highest BCUT2D eigenvalue weighted by Crippen LogP contribution is 2.43. The van der Waals surface area contributed by atoms with Gasteiger partial charge in [-0.15, -0.1) is 0 Å². The summed E-state index contributed by atoms with van der Waals surface area (Å²) in [6, 6.07) is 11.4. The number of nitriles is 1. The maximum Gasteiger partial charge on any atom is 0.408 e. The Morgan fingerprint density at radius 3 is 2.24 bits per heavy atom. The smallest absolute Gasteiger partial charge is 0.408 e. The molecule has 1 aliphatic rings. The van der Waals surface area contributed by atoms with E-state index < -0.39 is 97.4 Å². The predicted octanol–water partition coefficient (Wildman–Crippen LogP) is 3.64. The van der Waals surface area contributed by atoms with Crippen molar-refractivity contribution in [1.29, 1.82) is 5.26 Å². The summed E-state index contributed by atoms with van der Waals surface area (Å²) in [5.74, 6) is -3.82. The summed E-state index contributed by atoms with van der Waals surface area (Å²) in [6.07, 6.45) is -6.40. The Balaban J connectivity index is 1.52. The lowest BCUT2D eigenvalue weighted by molar-refractivity contribution is -0.384. The van der Waals surface area contributed by atoms with Gasteiger partial charge in [0.15, 0.2) is 18.4 Å². The SMILES string of the molecule is CC(=O)O[C@@H]1[C@H](OC(C)=O)[C@@H](COP(OCCC#N)Oc2ccc(C[C@H](NC(=O)OC(C)(C)C)C(=O)Oc3ccc([N+](=O)[O-])cc3)cc2)O[C@H]1n1cc(F)c(=O)[nH]c1=O. The van der Waals surface area contributed by atoms with E-state index in [0.717, 1.165) is 26.0 Å². The van der Waals surface area contributed by atoms with Crippen LogP contribution < -0.4 is 25.8 Å². The summed E-state index contributed by atoms with van der Waals surface area (Å²) in [5.41, 5.74) is -3.06. The molecular weight excluding hydrogens is 808 g/mol. The number of nitrogens with one attached hydrogen (secondary N) is 2. The average molecular weight is 848 g/mol. The van der Waals surface area contributed by atoms with Gasteiger partial charge in [0, 0.05) is 32.4 Å². The number of halogens is 1. The van der Waals surface area contributed by atoms with Crippen LogP contribution in [0.3, 0.4) is 0 Å². The van der Waals surface area contributed by atoms with E-state index in [1.807, 2.05) is 6.07 Å². The number of hydrogen-bond donors (Lipinski definition) is 2. The molecule has 0 aliphatic carbocycles.